The van der Waals surface area contributed by atoms with Crippen molar-refractivity contribution in [1.29, 1.82) is 0 Å². The summed E-state index contributed by atoms with van der Waals surface area (Å²) in [6, 6.07) is 10.4. The summed E-state index contributed by atoms with van der Waals surface area (Å²) < 4.78 is 11.0. The molecule has 8 heteroatoms. The van der Waals surface area contributed by atoms with E-state index in [9.17, 15) is 9.59 Å². The Hall–Kier alpha value is -2.44. The van der Waals surface area contributed by atoms with Crippen LogP contribution in [0.1, 0.15) is 18.4 Å². The molecule has 148 valence electrons. The lowest BCUT2D eigenvalue weighted by atomic mass is 10.1. The van der Waals surface area contributed by atoms with E-state index in [1.54, 1.807) is 36.4 Å². The summed E-state index contributed by atoms with van der Waals surface area (Å²) in [4.78, 5) is 24.0. The summed E-state index contributed by atoms with van der Waals surface area (Å²) in [6.45, 7) is 1.32. The number of hydrogen-bond donors (Lipinski definition) is 2. The van der Waals surface area contributed by atoms with E-state index in [0.717, 1.165) is 5.56 Å². The second-order valence-electron chi connectivity index (χ2n) is 6.29. The number of benzene rings is 2. The Balaban J connectivity index is 1.39. The van der Waals surface area contributed by atoms with Crippen LogP contribution in [0, 0.1) is 0 Å². The lowest BCUT2D eigenvalue weighted by molar-refractivity contribution is -0.121. The van der Waals surface area contributed by atoms with Crippen LogP contribution < -0.4 is 20.1 Å². The zero-order valence-corrected chi connectivity index (χ0v) is 16.6. The number of hydrogen-bond acceptors (Lipinski definition) is 4. The molecule has 0 spiro atoms. The first kappa shape index (κ1) is 20.3. The maximum Gasteiger partial charge on any atom is 0.224 e. The number of halogens is 2. The van der Waals surface area contributed by atoms with E-state index in [-0.39, 0.29) is 18.2 Å². The number of carbonyl (C=O) groups excluding carboxylic acids is 2. The van der Waals surface area contributed by atoms with Crippen LogP contribution in [0.5, 0.6) is 11.5 Å². The average molecular weight is 423 g/mol. The minimum absolute atomic E-state index is 0.116. The highest BCUT2D eigenvalue weighted by molar-refractivity contribution is 6.32. The molecule has 2 aromatic rings. The number of fused-ring (bicyclic) bond motifs is 1. The van der Waals surface area contributed by atoms with E-state index >= 15 is 0 Å². The van der Waals surface area contributed by atoms with Crippen LogP contribution in [-0.4, -0.2) is 31.6 Å². The van der Waals surface area contributed by atoms with Gasteiger partial charge in [0, 0.05) is 23.7 Å². The molecule has 0 saturated carbocycles. The van der Waals surface area contributed by atoms with Crippen LogP contribution >= 0.6 is 23.2 Å². The summed E-state index contributed by atoms with van der Waals surface area (Å²) in [5.74, 6) is 0.810. The van der Waals surface area contributed by atoms with Gasteiger partial charge in [-0.1, -0.05) is 23.2 Å². The van der Waals surface area contributed by atoms with Crippen LogP contribution in [-0.2, 0) is 16.0 Å². The van der Waals surface area contributed by atoms with Gasteiger partial charge in [0.1, 0.15) is 13.2 Å². The first-order valence-electron chi connectivity index (χ1n) is 8.91. The molecule has 2 aromatic carbocycles. The van der Waals surface area contributed by atoms with Gasteiger partial charge in [0.15, 0.2) is 11.5 Å². The normalized spacial score (nSPS) is 12.4. The second kappa shape index (κ2) is 9.66. The van der Waals surface area contributed by atoms with Crippen molar-refractivity contribution in [3.8, 4) is 11.5 Å². The Morgan fingerprint density at radius 1 is 1.00 bits per heavy atom. The number of nitrogens with one attached hydrogen (secondary N) is 2. The van der Waals surface area contributed by atoms with Crippen molar-refractivity contribution in [2.24, 2.45) is 0 Å². The highest BCUT2D eigenvalue weighted by Gasteiger charge is 2.17. The van der Waals surface area contributed by atoms with Gasteiger partial charge in [-0.3, -0.25) is 9.59 Å². The molecular formula is C20H20Cl2N2O4. The van der Waals surface area contributed by atoms with Crippen molar-refractivity contribution in [3.05, 3.63) is 52.0 Å². The molecule has 0 aromatic heterocycles. The molecule has 0 saturated heterocycles. The third kappa shape index (κ3) is 5.78. The summed E-state index contributed by atoms with van der Waals surface area (Å²) in [7, 11) is 0. The fourth-order valence-electron chi connectivity index (χ4n) is 2.75. The number of amides is 2. The zero-order valence-electron chi connectivity index (χ0n) is 15.1. The zero-order chi connectivity index (χ0) is 19.9. The monoisotopic (exact) mass is 422 g/mol. The van der Waals surface area contributed by atoms with Gasteiger partial charge in [0.05, 0.1) is 11.4 Å². The molecule has 0 aliphatic carbocycles. The molecule has 28 heavy (non-hydrogen) atoms. The van der Waals surface area contributed by atoms with Gasteiger partial charge in [0.2, 0.25) is 11.8 Å². The lowest BCUT2D eigenvalue weighted by Crippen LogP contribution is -2.27. The molecule has 3 rings (SSSR count). The highest BCUT2D eigenvalue weighted by atomic mass is 35.5. The maximum absolute atomic E-state index is 12.1. The van der Waals surface area contributed by atoms with Crippen molar-refractivity contribution >= 4 is 40.7 Å². The van der Waals surface area contributed by atoms with Gasteiger partial charge in [-0.15, -0.1) is 0 Å². The lowest BCUT2D eigenvalue weighted by Gasteiger charge is -2.20. The number of anilines is 1. The highest BCUT2D eigenvalue weighted by Crippen LogP contribution is 2.38. The predicted octanol–water partition coefficient (Wildman–Crippen LogP) is 3.84. The van der Waals surface area contributed by atoms with E-state index in [1.165, 1.54) is 0 Å². The average Bonchev–Trinajstić information content (AvgIpc) is 2.67. The van der Waals surface area contributed by atoms with Crippen molar-refractivity contribution in [2.75, 3.05) is 25.1 Å². The van der Waals surface area contributed by atoms with Crippen LogP contribution in [0.4, 0.5) is 5.69 Å². The third-order valence-electron chi connectivity index (χ3n) is 4.05. The van der Waals surface area contributed by atoms with Crippen LogP contribution in [0.3, 0.4) is 0 Å². The molecular weight excluding hydrogens is 403 g/mol. The van der Waals surface area contributed by atoms with Crippen LogP contribution in [0.2, 0.25) is 10.0 Å². The van der Waals surface area contributed by atoms with Gasteiger partial charge in [-0.25, -0.2) is 0 Å². The van der Waals surface area contributed by atoms with Gasteiger partial charge in [0.25, 0.3) is 0 Å². The standard InChI is InChI=1S/C20H20Cl2N2O4/c21-14-3-5-15(6-4-14)24-18(25)2-1-7-23-19(26)12-13-10-16(22)20-17(11-13)27-8-9-28-20/h3-6,10-11H,1-2,7-9,12H2,(H,23,26)(H,24,25). The Morgan fingerprint density at radius 3 is 2.54 bits per heavy atom. The van der Waals surface area contributed by atoms with Crippen LogP contribution in [0.25, 0.3) is 0 Å². The fourth-order valence-corrected chi connectivity index (χ4v) is 3.16. The van der Waals surface area contributed by atoms with Crippen LogP contribution in [0.15, 0.2) is 36.4 Å². The molecule has 0 bridgehead atoms. The molecule has 1 aliphatic rings. The molecule has 1 aliphatic heterocycles. The number of rotatable bonds is 7. The van der Waals surface area contributed by atoms with E-state index in [0.29, 0.717) is 59.8 Å². The molecule has 0 unspecified atom stereocenters. The largest absolute Gasteiger partial charge is 0.486 e. The Labute approximate surface area is 173 Å². The summed E-state index contributed by atoms with van der Waals surface area (Å²) in [6.07, 6.45) is 1.01. The molecule has 0 fully saturated rings. The fraction of sp³-hybridized carbons (Fsp3) is 0.300. The Kier molecular flexibility index (Phi) is 7.01. The molecule has 2 N–H and O–H groups in total. The molecule has 2 amide bonds. The van der Waals surface area contributed by atoms with E-state index in [2.05, 4.69) is 10.6 Å². The smallest absolute Gasteiger partial charge is 0.224 e. The summed E-state index contributed by atoms with van der Waals surface area (Å²) in [5, 5.41) is 6.63. The topological polar surface area (TPSA) is 76.7 Å². The quantitative estimate of drug-likeness (QED) is 0.664. The Bertz CT molecular complexity index is 856. The van der Waals surface area contributed by atoms with Gasteiger partial charge < -0.3 is 20.1 Å². The SMILES string of the molecule is O=C(Cc1cc(Cl)c2c(c1)OCCO2)NCCCC(=O)Nc1ccc(Cl)cc1. The van der Waals surface area contributed by atoms with Crippen molar-refractivity contribution in [3.63, 3.8) is 0 Å². The molecule has 6 nitrogen and oxygen atoms in total. The minimum atomic E-state index is -0.147. The van der Waals surface area contributed by atoms with Crippen molar-refractivity contribution in [1.82, 2.24) is 5.32 Å². The summed E-state index contributed by atoms with van der Waals surface area (Å²) in [5.41, 5.74) is 1.43. The first-order valence-corrected chi connectivity index (χ1v) is 9.67. The molecule has 0 atom stereocenters. The predicted molar refractivity (Wildman–Crippen MR) is 108 cm³/mol. The van der Waals surface area contributed by atoms with Crippen molar-refractivity contribution in [2.45, 2.75) is 19.3 Å². The van der Waals surface area contributed by atoms with E-state index < -0.39 is 0 Å². The van der Waals surface area contributed by atoms with Gasteiger partial charge in [-0.05, 0) is 48.4 Å². The van der Waals surface area contributed by atoms with E-state index in [1.807, 2.05) is 0 Å². The number of ether oxygens (including phenoxy) is 2. The molecule has 0 radical (unpaired) electrons. The van der Waals surface area contributed by atoms with Gasteiger partial charge >= 0.3 is 0 Å². The van der Waals surface area contributed by atoms with E-state index in [4.69, 9.17) is 32.7 Å². The minimum Gasteiger partial charge on any atom is -0.486 e. The Morgan fingerprint density at radius 2 is 1.75 bits per heavy atom. The van der Waals surface area contributed by atoms with Gasteiger partial charge in [-0.2, -0.15) is 0 Å². The second-order valence-corrected chi connectivity index (χ2v) is 7.13. The molecule has 1 heterocycles. The third-order valence-corrected chi connectivity index (χ3v) is 4.58. The first-order chi connectivity index (χ1) is 13.5. The summed E-state index contributed by atoms with van der Waals surface area (Å²) >= 11 is 12.0. The van der Waals surface area contributed by atoms with Crippen molar-refractivity contribution < 1.29 is 19.1 Å². The number of carbonyl (C=O) groups is 2. The maximum atomic E-state index is 12.1.